The van der Waals surface area contributed by atoms with Crippen molar-refractivity contribution in [2.24, 2.45) is 0 Å². The van der Waals surface area contributed by atoms with Crippen molar-refractivity contribution in [2.45, 2.75) is 15.3 Å². The van der Waals surface area contributed by atoms with Gasteiger partial charge in [-0.15, -0.1) is 11.8 Å². The number of anilines is 1. The Hall–Kier alpha value is -2.80. The minimum absolute atomic E-state index is 0.0904. The molecule has 0 aromatic heterocycles. The maximum absolute atomic E-state index is 12.7. The average molecular weight is 489 g/mol. The zero-order valence-electron chi connectivity index (χ0n) is 16.5. The van der Waals surface area contributed by atoms with E-state index in [0.29, 0.717) is 38.3 Å². The number of nitro benzene ring substituents is 1. The topological polar surface area (TPSA) is 101 Å². The number of halogens is 3. The molecule has 13 heteroatoms. The van der Waals surface area contributed by atoms with Crippen LogP contribution in [0.1, 0.15) is 0 Å². The highest BCUT2D eigenvalue weighted by Crippen LogP contribution is 2.36. The fourth-order valence-corrected chi connectivity index (χ4v) is 4.83. The number of rotatable bonds is 6. The number of nitrogens with zero attached hydrogens (tertiary/aromatic N) is 3. The van der Waals surface area contributed by atoms with Crippen LogP contribution in [0.5, 0.6) is 0 Å². The van der Waals surface area contributed by atoms with Gasteiger partial charge >= 0.3 is 5.51 Å². The predicted molar refractivity (Wildman–Crippen MR) is 112 cm³/mol. The first kappa shape index (κ1) is 23.9. The van der Waals surface area contributed by atoms with E-state index in [1.165, 1.54) is 0 Å². The number of thioether (sulfide) groups is 1. The number of para-hydroxylation sites is 1. The van der Waals surface area contributed by atoms with E-state index in [1.54, 1.807) is 4.90 Å². The molecule has 1 heterocycles. The maximum atomic E-state index is 12.7. The van der Waals surface area contributed by atoms with Crippen molar-refractivity contribution in [3.05, 3.63) is 58.6 Å². The fourth-order valence-electron chi connectivity index (χ4n) is 3.15. The number of hydrogen-bond donors (Lipinski definition) is 0. The van der Waals surface area contributed by atoms with Crippen LogP contribution in [0.15, 0.2) is 58.3 Å². The Morgan fingerprint density at radius 1 is 1.06 bits per heavy atom. The van der Waals surface area contributed by atoms with Crippen molar-refractivity contribution in [1.82, 2.24) is 4.90 Å². The van der Waals surface area contributed by atoms with Gasteiger partial charge in [0.05, 0.1) is 20.5 Å². The normalized spacial score (nSPS) is 15.0. The van der Waals surface area contributed by atoms with Crippen LogP contribution in [0.25, 0.3) is 0 Å². The number of nitro groups is 1. The molecule has 0 N–H and O–H groups in total. The molecule has 0 bridgehead atoms. The lowest BCUT2D eigenvalue weighted by atomic mass is 10.2. The molecule has 2 aromatic rings. The minimum atomic E-state index is -5.72. The molecule has 0 radical (unpaired) electrons. The Labute approximate surface area is 186 Å². The molecule has 172 valence electrons. The summed E-state index contributed by atoms with van der Waals surface area (Å²) in [4.78, 5) is 25.3. The molecule has 1 amide bonds. The Balaban J connectivity index is 1.65. The van der Waals surface area contributed by atoms with Crippen LogP contribution in [0, 0.1) is 10.1 Å². The number of carbonyl (C=O) groups is 1. The van der Waals surface area contributed by atoms with Gasteiger partial charge in [0.1, 0.15) is 0 Å². The van der Waals surface area contributed by atoms with E-state index in [0.717, 1.165) is 23.5 Å². The standard InChI is InChI=1S/C19H18F3N3O5S2/c20-19(21,22)32(29,30)15-6-7-17(16(12-15)25(27)28)31-13-18(26)24-10-8-23(9-11-24)14-4-2-1-3-5-14/h1-7,12H,8-11,13H2. The fraction of sp³-hybridized carbons (Fsp3) is 0.316. The summed E-state index contributed by atoms with van der Waals surface area (Å²) in [6.45, 7) is 2.15. The Bertz CT molecular complexity index is 1100. The maximum Gasteiger partial charge on any atom is 0.501 e. The van der Waals surface area contributed by atoms with Gasteiger partial charge in [0.2, 0.25) is 5.91 Å². The molecule has 1 aliphatic rings. The van der Waals surface area contributed by atoms with Gasteiger partial charge in [0.25, 0.3) is 15.5 Å². The molecular weight excluding hydrogens is 471 g/mol. The summed E-state index contributed by atoms with van der Waals surface area (Å²) in [5, 5.41) is 11.3. The van der Waals surface area contributed by atoms with E-state index in [4.69, 9.17) is 0 Å². The lowest BCUT2D eigenvalue weighted by Crippen LogP contribution is -2.49. The number of carbonyl (C=O) groups excluding carboxylic acids is 1. The van der Waals surface area contributed by atoms with Crippen LogP contribution >= 0.6 is 11.8 Å². The van der Waals surface area contributed by atoms with E-state index >= 15 is 0 Å². The van der Waals surface area contributed by atoms with Crippen LogP contribution in [0.3, 0.4) is 0 Å². The lowest BCUT2D eigenvalue weighted by Gasteiger charge is -2.36. The summed E-state index contributed by atoms with van der Waals surface area (Å²) in [6.07, 6.45) is 0. The second-order valence-electron chi connectivity index (χ2n) is 6.83. The molecule has 0 unspecified atom stereocenters. The van der Waals surface area contributed by atoms with Gasteiger partial charge in [-0.3, -0.25) is 14.9 Å². The molecule has 0 aliphatic carbocycles. The van der Waals surface area contributed by atoms with Crippen molar-refractivity contribution in [2.75, 3.05) is 36.8 Å². The third kappa shape index (κ3) is 5.15. The zero-order chi connectivity index (χ0) is 23.5. The largest absolute Gasteiger partial charge is 0.501 e. The molecule has 2 aromatic carbocycles. The van der Waals surface area contributed by atoms with Crippen molar-refractivity contribution in [3.63, 3.8) is 0 Å². The third-order valence-corrected chi connectivity index (χ3v) is 7.38. The number of amides is 1. The SMILES string of the molecule is O=C(CSc1ccc(S(=O)(=O)C(F)(F)F)cc1[N+](=O)[O-])N1CCN(c2ccccc2)CC1. The van der Waals surface area contributed by atoms with Gasteiger partial charge in [0, 0.05) is 37.9 Å². The van der Waals surface area contributed by atoms with Gasteiger partial charge in [-0.2, -0.15) is 13.2 Å². The van der Waals surface area contributed by atoms with Gasteiger partial charge in [0.15, 0.2) is 0 Å². The van der Waals surface area contributed by atoms with Crippen molar-refractivity contribution < 1.29 is 31.3 Å². The Morgan fingerprint density at radius 2 is 1.69 bits per heavy atom. The van der Waals surface area contributed by atoms with Crippen molar-refractivity contribution in [3.8, 4) is 0 Å². The van der Waals surface area contributed by atoms with Crippen LogP contribution in [0.4, 0.5) is 24.5 Å². The molecule has 1 saturated heterocycles. The second kappa shape index (κ2) is 9.36. The predicted octanol–water partition coefficient (Wildman–Crippen LogP) is 3.33. The highest BCUT2D eigenvalue weighted by molar-refractivity contribution is 8.00. The molecule has 1 aliphatic heterocycles. The van der Waals surface area contributed by atoms with Gasteiger partial charge in [-0.05, 0) is 24.3 Å². The van der Waals surface area contributed by atoms with Crippen LogP contribution in [-0.2, 0) is 14.6 Å². The summed E-state index contributed by atoms with van der Waals surface area (Å²) in [7, 11) is -5.72. The highest BCUT2D eigenvalue weighted by Gasteiger charge is 2.47. The molecule has 8 nitrogen and oxygen atoms in total. The quantitative estimate of drug-likeness (QED) is 0.349. The molecule has 1 fully saturated rings. The van der Waals surface area contributed by atoms with Gasteiger partial charge in [-0.25, -0.2) is 8.42 Å². The van der Waals surface area contributed by atoms with E-state index in [-0.39, 0.29) is 16.6 Å². The molecule has 0 saturated carbocycles. The van der Waals surface area contributed by atoms with Crippen LogP contribution < -0.4 is 4.90 Å². The number of hydrogen-bond acceptors (Lipinski definition) is 7. The minimum Gasteiger partial charge on any atom is -0.368 e. The second-order valence-corrected chi connectivity index (χ2v) is 9.79. The van der Waals surface area contributed by atoms with E-state index < -0.39 is 30.9 Å². The smallest absolute Gasteiger partial charge is 0.368 e. The molecular formula is C19H18F3N3O5S2. The number of alkyl halides is 3. The lowest BCUT2D eigenvalue weighted by molar-refractivity contribution is -0.388. The zero-order valence-corrected chi connectivity index (χ0v) is 18.1. The van der Waals surface area contributed by atoms with Crippen LogP contribution in [0.2, 0.25) is 0 Å². The molecule has 3 rings (SSSR count). The van der Waals surface area contributed by atoms with Crippen LogP contribution in [-0.4, -0.2) is 61.6 Å². The van der Waals surface area contributed by atoms with Gasteiger partial charge in [-0.1, -0.05) is 18.2 Å². The number of piperazine rings is 1. The Morgan fingerprint density at radius 3 is 2.25 bits per heavy atom. The summed E-state index contributed by atoms with van der Waals surface area (Å²) in [5.74, 6) is -0.443. The van der Waals surface area contributed by atoms with Crippen molar-refractivity contribution in [1.29, 1.82) is 0 Å². The number of benzene rings is 2. The first-order chi connectivity index (χ1) is 15.0. The summed E-state index contributed by atoms with van der Waals surface area (Å²) in [5.41, 5.74) is -5.34. The summed E-state index contributed by atoms with van der Waals surface area (Å²) < 4.78 is 61.2. The number of sulfone groups is 1. The summed E-state index contributed by atoms with van der Waals surface area (Å²) in [6, 6.07) is 11.6. The monoisotopic (exact) mass is 489 g/mol. The average Bonchev–Trinajstić information content (AvgIpc) is 2.77. The third-order valence-electron chi connectivity index (χ3n) is 4.85. The van der Waals surface area contributed by atoms with E-state index in [1.807, 2.05) is 30.3 Å². The van der Waals surface area contributed by atoms with E-state index in [2.05, 4.69) is 4.90 Å². The highest BCUT2D eigenvalue weighted by atomic mass is 32.2. The first-order valence-electron chi connectivity index (χ1n) is 9.31. The summed E-state index contributed by atoms with van der Waals surface area (Å²) >= 11 is 0.779. The van der Waals surface area contributed by atoms with E-state index in [9.17, 15) is 36.5 Å². The first-order valence-corrected chi connectivity index (χ1v) is 11.8. The molecule has 32 heavy (non-hydrogen) atoms. The molecule has 0 atom stereocenters. The molecule has 0 spiro atoms. The van der Waals surface area contributed by atoms with Gasteiger partial charge < -0.3 is 9.80 Å². The van der Waals surface area contributed by atoms with Crippen molar-refractivity contribution >= 4 is 38.9 Å². The Kier molecular flexibility index (Phi) is 6.98.